The zero-order chi connectivity index (χ0) is 10.5. The molecule has 2 nitrogen and oxygen atoms in total. The van der Waals surface area contributed by atoms with Gasteiger partial charge in [-0.05, 0) is 5.56 Å². The monoisotopic (exact) mass is 224 g/mol. The number of allylic oxidation sites excluding steroid dienone is 1. The summed E-state index contributed by atoms with van der Waals surface area (Å²) < 4.78 is 10.9. The van der Waals surface area contributed by atoms with Crippen LogP contribution in [0.3, 0.4) is 0 Å². The number of hydrogen-bond donors (Lipinski definition) is 0. The van der Waals surface area contributed by atoms with Crippen molar-refractivity contribution < 1.29 is 9.47 Å². The third kappa shape index (κ3) is 2.59. The van der Waals surface area contributed by atoms with Crippen molar-refractivity contribution in [3.05, 3.63) is 41.5 Å². The van der Waals surface area contributed by atoms with Crippen LogP contribution in [0.25, 0.3) is 6.08 Å². The first-order chi connectivity index (χ1) is 7.42. The van der Waals surface area contributed by atoms with E-state index in [1.807, 2.05) is 36.4 Å². The lowest BCUT2D eigenvalue weighted by atomic mass is 10.1. The van der Waals surface area contributed by atoms with Gasteiger partial charge in [-0.2, -0.15) is 0 Å². The molecule has 1 aliphatic rings. The van der Waals surface area contributed by atoms with Gasteiger partial charge in [0.15, 0.2) is 6.29 Å². The molecule has 80 valence electrons. The predicted octanol–water partition coefficient (Wildman–Crippen LogP) is 2.98. The van der Waals surface area contributed by atoms with Gasteiger partial charge in [-0.15, -0.1) is 11.6 Å². The number of benzene rings is 1. The maximum absolute atomic E-state index is 5.61. The summed E-state index contributed by atoms with van der Waals surface area (Å²) in [5, 5.41) is 0. The lowest BCUT2D eigenvalue weighted by molar-refractivity contribution is -0.0442. The Labute approximate surface area is 94.5 Å². The molecule has 0 bridgehead atoms. The van der Waals surface area contributed by atoms with Crippen LogP contribution in [-0.2, 0) is 9.47 Å². The zero-order valence-electron chi connectivity index (χ0n) is 8.36. The van der Waals surface area contributed by atoms with E-state index in [2.05, 4.69) is 0 Å². The van der Waals surface area contributed by atoms with E-state index in [0.717, 1.165) is 11.1 Å². The van der Waals surface area contributed by atoms with Crippen LogP contribution in [0.1, 0.15) is 17.4 Å². The minimum absolute atomic E-state index is 0.221. The summed E-state index contributed by atoms with van der Waals surface area (Å²) in [5.74, 6) is 0.515. The first kappa shape index (κ1) is 10.7. The molecule has 0 aromatic heterocycles. The van der Waals surface area contributed by atoms with Crippen molar-refractivity contribution in [2.24, 2.45) is 0 Å². The molecule has 0 N–H and O–H groups in total. The van der Waals surface area contributed by atoms with Gasteiger partial charge in [0.05, 0.1) is 13.2 Å². The quantitative estimate of drug-likeness (QED) is 0.735. The second-order valence-corrected chi connectivity index (χ2v) is 3.57. The van der Waals surface area contributed by atoms with E-state index in [1.165, 1.54) is 0 Å². The second kappa shape index (κ2) is 5.31. The van der Waals surface area contributed by atoms with Gasteiger partial charge in [0.1, 0.15) is 0 Å². The van der Waals surface area contributed by atoms with E-state index >= 15 is 0 Å². The van der Waals surface area contributed by atoms with E-state index in [4.69, 9.17) is 21.1 Å². The Balaban J connectivity index is 2.24. The summed E-state index contributed by atoms with van der Waals surface area (Å²) in [6, 6.07) is 8.03. The second-order valence-electron chi connectivity index (χ2n) is 3.26. The average molecular weight is 225 g/mol. The fourth-order valence-corrected chi connectivity index (χ4v) is 1.68. The lowest BCUT2D eigenvalue weighted by Crippen LogP contribution is -2.00. The highest BCUT2D eigenvalue weighted by atomic mass is 35.5. The largest absolute Gasteiger partial charge is 0.346 e. The Morgan fingerprint density at radius 3 is 2.73 bits per heavy atom. The molecule has 0 radical (unpaired) electrons. The Morgan fingerprint density at radius 2 is 2.00 bits per heavy atom. The van der Waals surface area contributed by atoms with Crippen LogP contribution in [0.2, 0.25) is 0 Å². The van der Waals surface area contributed by atoms with Crippen LogP contribution >= 0.6 is 11.6 Å². The molecule has 0 amide bonds. The highest BCUT2D eigenvalue weighted by Gasteiger charge is 2.19. The molecule has 3 heteroatoms. The third-order valence-electron chi connectivity index (χ3n) is 2.26. The SMILES string of the molecule is ClCC=Cc1ccccc1C1OCCO1. The highest BCUT2D eigenvalue weighted by Crippen LogP contribution is 2.26. The van der Waals surface area contributed by atoms with E-state index in [9.17, 15) is 0 Å². The summed E-state index contributed by atoms with van der Waals surface area (Å²) in [6.07, 6.45) is 3.68. The fourth-order valence-electron chi connectivity index (χ4n) is 1.59. The van der Waals surface area contributed by atoms with Crippen molar-refractivity contribution in [1.29, 1.82) is 0 Å². The fraction of sp³-hybridized carbons (Fsp3) is 0.333. The molecule has 1 aromatic rings. The van der Waals surface area contributed by atoms with Crippen LogP contribution < -0.4 is 0 Å². The number of hydrogen-bond acceptors (Lipinski definition) is 2. The molecule has 1 aliphatic heterocycles. The van der Waals surface area contributed by atoms with Crippen LogP contribution in [0, 0.1) is 0 Å². The molecular weight excluding hydrogens is 212 g/mol. The molecule has 1 fully saturated rings. The normalized spacial score (nSPS) is 17.7. The topological polar surface area (TPSA) is 18.5 Å². The summed E-state index contributed by atoms with van der Waals surface area (Å²) in [5.41, 5.74) is 2.17. The van der Waals surface area contributed by atoms with Crippen LogP contribution in [0.5, 0.6) is 0 Å². The van der Waals surface area contributed by atoms with E-state index < -0.39 is 0 Å². The maximum Gasteiger partial charge on any atom is 0.184 e. The Morgan fingerprint density at radius 1 is 1.27 bits per heavy atom. The van der Waals surface area contributed by atoms with Crippen molar-refractivity contribution >= 4 is 17.7 Å². The molecule has 1 aromatic carbocycles. The molecule has 0 unspecified atom stereocenters. The molecule has 2 rings (SSSR count). The number of ether oxygens (including phenoxy) is 2. The summed E-state index contributed by atoms with van der Waals surface area (Å²) in [6.45, 7) is 1.33. The van der Waals surface area contributed by atoms with Gasteiger partial charge < -0.3 is 9.47 Å². The minimum Gasteiger partial charge on any atom is -0.346 e. The van der Waals surface area contributed by atoms with Crippen molar-refractivity contribution in [2.45, 2.75) is 6.29 Å². The van der Waals surface area contributed by atoms with Crippen LogP contribution in [0.15, 0.2) is 30.3 Å². The molecule has 0 aliphatic carbocycles. The molecule has 1 heterocycles. The van der Waals surface area contributed by atoms with Gasteiger partial charge in [-0.3, -0.25) is 0 Å². The van der Waals surface area contributed by atoms with Crippen molar-refractivity contribution in [3.63, 3.8) is 0 Å². The number of alkyl halides is 1. The standard InChI is InChI=1S/C12H13ClO2/c13-7-3-5-10-4-1-2-6-11(10)12-14-8-9-15-12/h1-6,12H,7-9H2. The minimum atomic E-state index is -0.221. The van der Waals surface area contributed by atoms with Gasteiger partial charge in [0.2, 0.25) is 0 Å². The number of halogens is 1. The highest BCUT2D eigenvalue weighted by molar-refractivity contribution is 6.19. The Bertz CT molecular complexity index is 343. The van der Waals surface area contributed by atoms with Gasteiger partial charge in [-0.25, -0.2) is 0 Å². The average Bonchev–Trinajstić information content (AvgIpc) is 2.80. The molecular formula is C12H13ClO2. The summed E-state index contributed by atoms with van der Waals surface area (Å²) >= 11 is 5.61. The molecule has 0 saturated carbocycles. The third-order valence-corrected chi connectivity index (χ3v) is 2.44. The van der Waals surface area contributed by atoms with Crippen molar-refractivity contribution in [3.8, 4) is 0 Å². The van der Waals surface area contributed by atoms with E-state index in [-0.39, 0.29) is 6.29 Å². The predicted molar refractivity (Wildman–Crippen MR) is 60.8 cm³/mol. The van der Waals surface area contributed by atoms with E-state index in [0.29, 0.717) is 19.1 Å². The maximum atomic E-state index is 5.61. The summed E-state index contributed by atoms with van der Waals surface area (Å²) in [7, 11) is 0. The van der Waals surface area contributed by atoms with Gasteiger partial charge in [0.25, 0.3) is 0 Å². The van der Waals surface area contributed by atoms with Crippen LogP contribution in [-0.4, -0.2) is 19.1 Å². The molecule has 1 saturated heterocycles. The molecule has 0 atom stereocenters. The van der Waals surface area contributed by atoms with Gasteiger partial charge in [-0.1, -0.05) is 36.4 Å². The Hall–Kier alpha value is -0.830. The smallest absolute Gasteiger partial charge is 0.184 e. The lowest BCUT2D eigenvalue weighted by Gasteiger charge is -2.12. The number of rotatable bonds is 3. The van der Waals surface area contributed by atoms with Gasteiger partial charge in [0, 0.05) is 11.4 Å². The van der Waals surface area contributed by atoms with Gasteiger partial charge >= 0.3 is 0 Å². The van der Waals surface area contributed by atoms with Crippen LogP contribution in [0.4, 0.5) is 0 Å². The first-order valence-electron chi connectivity index (χ1n) is 4.96. The Kier molecular flexibility index (Phi) is 3.78. The zero-order valence-corrected chi connectivity index (χ0v) is 9.11. The summed E-state index contributed by atoms with van der Waals surface area (Å²) in [4.78, 5) is 0. The van der Waals surface area contributed by atoms with Crippen molar-refractivity contribution in [2.75, 3.05) is 19.1 Å². The molecule has 15 heavy (non-hydrogen) atoms. The first-order valence-corrected chi connectivity index (χ1v) is 5.50. The van der Waals surface area contributed by atoms with Crippen molar-refractivity contribution in [1.82, 2.24) is 0 Å². The molecule has 0 spiro atoms. The van der Waals surface area contributed by atoms with E-state index in [1.54, 1.807) is 0 Å².